The fourth-order valence-electron chi connectivity index (χ4n) is 5.64. The number of methoxy groups -OCH3 is 1. The number of rotatable bonds is 9. The minimum absolute atomic E-state index is 0.0258. The van der Waals surface area contributed by atoms with Gasteiger partial charge in [0, 0.05) is 11.8 Å². The molecular formula is C32H35N3O11. The second-order valence-corrected chi connectivity index (χ2v) is 11.0. The Kier molecular flexibility index (Phi) is 9.86. The number of nitrogens with two attached hydrogens (primary N) is 1. The number of nitrogen functional groups attached to an aromatic ring is 1. The Bertz CT molecular complexity index is 1660. The van der Waals surface area contributed by atoms with Crippen LogP contribution in [0.1, 0.15) is 43.1 Å². The van der Waals surface area contributed by atoms with Crippen LogP contribution in [0.3, 0.4) is 0 Å². The van der Waals surface area contributed by atoms with Crippen LogP contribution in [0.5, 0.6) is 11.5 Å². The van der Waals surface area contributed by atoms with E-state index in [1.807, 2.05) is 18.4 Å². The highest BCUT2D eigenvalue weighted by Gasteiger charge is 2.47. The summed E-state index contributed by atoms with van der Waals surface area (Å²) in [4.78, 5) is 38.8. The van der Waals surface area contributed by atoms with E-state index < -0.39 is 67.2 Å². The van der Waals surface area contributed by atoms with Gasteiger partial charge >= 0.3 is 5.97 Å². The van der Waals surface area contributed by atoms with E-state index in [9.17, 15) is 34.8 Å². The third-order valence-electron chi connectivity index (χ3n) is 8.03. The van der Waals surface area contributed by atoms with Gasteiger partial charge in [-0.3, -0.25) is 15.0 Å². The Morgan fingerprint density at radius 3 is 2.35 bits per heavy atom. The number of benzene rings is 3. The molecule has 46 heavy (non-hydrogen) atoms. The summed E-state index contributed by atoms with van der Waals surface area (Å²) in [6, 6.07) is 11.1. The number of nitrogens with one attached hydrogen (secondary N) is 2. The summed E-state index contributed by atoms with van der Waals surface area (Å²) in [5, 5.41) is 45.5. The van der Waals surface area contributed by atoms with E-state index in [-0.39, 0.29) is 28.9 Å². The van der Waals surface area contributed by atoms with Crippen molar-refractivity contribution in [3.8, 4) is 11.5 Å². The van der Waals surface area contributed by atoms with Gasteiger partial charge < -0.3 is 44.7 Å². The van der Waals surface area contributed by atoms with Gasteiger partial charge in [-0.15, -0.1) is 0 Å². The largest absolute Gasteiger partial charge is 0.507 e. The highest BCUT2D eigenvalue weighted by molar-refractivity contribution is 6.08. The number of hydrogen-bond donors (Lipinski definition) is 7. The topological polar surface area (TPSA) is 219 Å². The molecule has 2 aliphatic rings. The number of hydrogen-bond acceptors (Lipinski definition) is 12. The predicted octanol–water partition coefficient (Wildman–Crippen LogP) is 0.574. The normalized spacial score (nSPS) is 25.7. The summed E-state index contributed by atoms with van der Waals surface area (Å²) in [6.45, 7) is 1.20. The molecular weight excluding hydrogens is 602 g/mol. The van der Waals surface area contributed by atoms with Crippen LogP contribution in [-0.4, -0.2) is 94.8 Å². The lowest BCUT2D eigenvalue weighted by Gasteiger charge is -2.43. The Hall–Kier alpha value is -4.57. The van der Waals surface area contributed by atoms with E-state index in [0.29, 0.717) is 11.1 Å². The predicted molar refractivity (Wildman–Crippen MR) is 162 cm³/mol. The van der Waals surface area contributed by atoms with Crippen molar-refractivity contribution < 1.29 is 53.8 Å². The molecule has 244 valence electrons. The van der Waals surface area contributed by atoms with Crippen LogP contribution in [0.2, 0.25) is 0 Å². The summed E-state index contributed by atoms with van der Waals surface area (Å²) in [5.41, 5.74) is 2.68. The molecule has 1 aliphatic heterocycles. The third-order valence-corrected chi connectivity index (χ3v) is 8.03. The molecule has 1 aliphatic carbocycles. The monoisotopic (exact) mass is 637 g/mol. The molecule has 0 unspecified atom stereocenters. The van der Waals surface area contributed by atoms with Crippen molar-refractivity contribution in [3.05, 3.63) is 82.9 Å². The lowest BCUT2D eigenvalue weighted by Crippen LogP contribution is -2.65. The van der Waals surface area contributed by atoms with Crippen molar-refractivity contribution in [1.29, 1.82) is 0 Å². The van der Waals surface area contributed by atoms with E-state index in [0.717, 1.165) is 10.9 Å². The van der Waals surface area contributed by atoms with Gasteiger partial charge in [0.2, 0.25) is 0 Å². The number of fused-ring (bicyclic) bond motifs is 1. The van der Waals surface area contributed by atoms with Crippen molar-refractivity contribution in [3.63, 3.8) is 0 Å². The maximum atomic E-state index is 13.3. The van der Waals surface area contributed by atoms with E-state index in [1.54, 1.807) is 24.3 Å². The molecule has 3 aromatic rings. The van der Waals surface area contributed by atoms with E-state index in [2.05, 4.69) is 5.32 Å². The molecule has 0 bridgehead atoms. The quantitative estimate of drug-likeness (QED) is 0.0563. The van der Waals surface area contributed by atoms with Crippen molar-refractivity contribution in [1.82, 2.24) is 10.7 Å². The van der Waals surface area contributed by atoms with Crippen LogP contribution < -0.4 is 21.3 Å². The van der Waals surface area contributed by atoms with Gasteiger partial charge in [0.15, 0.2) is 6.29 Å². The zero-order valence-electron chi connectivity index (χ0n) is 25.0. The first-order valence-corrected chi connectivity index (χ1v) is 14.4. The summed E-state index contributed by atoms with van der Waals surface area (Å²) < 4.78 is 22.8. The Morgan fingerprint density at radius 2 is 1.67 bits per heavy atom. The summed E-state index contributed by atoms with van der Waals surface area (Å²) in [6.07, 6.45) is -4.06. The zero-order valence-corrected chi connectivity index (χ0v) is 25.0. The first-order valence-electron chi connectivity index (χ1n) is 14.4. The van der Waals surface area contributed by atoms with Gasteiger partial charge in [-0.2, -0.15) is 0 Å². The number of aliphatic hydroxyl groups excluding tert-OH is 3. The van der Waals surface area contributed by atoms with Gasteiger partial charge in [-0.25, -0.2) is 10.6 Å². The standard InChI is InChI=1S/C32H35N3O11/c1-15-11-18(43-2)13-22-19(15)9-10-23(37)25(22)31(42)44-16-7-8-17(12-16)45-32-26(28(39)27(38)24(14-36)46-32)34-29(40)20-5-3-4-6-21(20)30(41)35-33/h3-11,13,16-17,24,26-28,32,36-39H,12,14,33H2,1-2H3,(H,34,40)(H,35,41)/t16-,17+,24+,26+,27+,28+,32+/m0/s1. The average Bonchev–Trinajstić information content (AvgIpc) is 3.49. The van der Waals surface area contributed by atoms with E-state index in [4.69, 9.17) is 24.8 Å². The number of phenols is 1. The highest BCUT2D eigenvalue weighted by Crippen LogP contribution is 2.34. The highest BCUT2D eigenvalue weighted by atomic mass is 16.7. The number of hydrazine groups is 1. The van der Waals surface area contributed by atoms with Crippen LogP contribution in [0.15, 0.2) is 60.7 Å². The average molecular weight is 638 g/mol. The number of amides is 2. The maximum Gasteiger partial charge on any atom is 0.343 e. The molecule has 1 heterocycles. The molecule has 5 rings (SSSR count). The summed E-state index contributed by atoms with van der Waals surface area (Å²) >= 11 is 0. The minimum atomic E-state index is -1.64. The number of esters is 1. The molecule has 8 N–H and O–H groups in total. The Balaban J connectivity index is 1.31. The Labute approximate surface area is 263 Å². The molecule has 0 radical (unpaired) electrons. The molecule has 7 atom stereocenters. The van der Waals surface area contributed by atoms with Crippen LogP contribution in [0.4, 0.5) is 0 Å². The second kappa shape index (κ2) is 13.8. The van der Waals surface area contributed by atoms with Gasteiger partial charge in [0.1, 0.15) is 47.5 Å². The molecule has 1 saturated heterocycles. The number of aliphatic hydroxyl groups is 3. The van der Waals surface area contributed by atoms with Crippen LogP contribution in [0, 0.1) is 6.92 Å². The maximum absolute atomic E-state index is 13.3. The van der Waals surface area contributed by atoms with Crippen molar-refractivity contribution in [2.45, 2.75) is 56.2 Å². The van der Waals surface area contributed by atoms with Crippen LogP contribution >= 0.6 is 0 Å². The molecule has 0 aromatic heterocycles. The number of ether oxygens (including phenoxy) is 4. The van der Waals surface area contributed by atoms with E-state index >= 15 is 0 Å². The molecule has 14 heteroatoms. The van der Waals surface area contributed by atoms with Gasteiger partial charge in [-0.05, 0) is 54.3 Å². The summed E-state index contributed by atoms with van der Waals surface area (Å²) in [7, 11) is 1.50. The fourth-order valence-corrected chi connectivity index (χ4v) is 5.64. The molecule has 0 saturated carbocycles. The molecule has 0 spiro atoms. The molecule has 3 aromatic carbocycles. The first-order chi connectivity index (χ1) is 22.1. The minimum Gasteiger partial charge on any atom is -0.507 e. The molecule has 14 nitrogen and oxygen atoms in total. The van der Waals surface area contributed by atoms with E-state index in [1.165, 1.54) is 37.4 Å². The van der Waals surface area contributed by atoms with Crippen molar-refractivity contribution in [2.24, 2.45) is 5.84 Å². The smallest absolute Gasteiger partial charge is 0.343 e. The number of aryl methyl sites for hydroxylation is 1. The number of carbonyl (C=O) groups is 3. The first kappa shape index (κ1) is 32.8. The van der Waals surface area contributed by atoms with Gasteiger partial charge in [-0.1, -0.05) is 24.3 Å². The van der Waals surface area contributed by atoms with Gasteiger partial charge in [0.25, 0.3) is 11.8 Å². The lowest BCUT2D eigenvalue weighted by atomic mass is 9.96. The summed E-state index contributed by atoms with van der Waals surface area (Å²) in [5.74, 6) is 3.21. The van der Waals surface area contributed by atoms with Gasteiger partial charge in [0.05, 0.1) is 30.9 Å². The lowest BCUT2D eigenvalue weighted by molar-refractivity contribution is -0.277. The van der Waals surface area contributed by atoms with Crippen molar-refractivity contribution in [2.75, 3.05) is 13.7 Å². The van der Waals surface area contributed by atoms with Crippen molar-refractivity contribution >= 4 is 28.6 Å². The Morgan fingerprint density at radius 1 is 0.978 bits per heavy atom. The zero-order chi connectivity index (χ0) is 33.1. The number of phenolic OH excluding ortho intramolecular Hbond substituents is 1. The fraction of sp³-hybridized carbons (Fsp3) is 0.344. The van der Waals surface area contributed by atoms with Crippen LogP contribution in [-0.2, 0) is 14.2 Å². The second-order valence-electron chi connectivity index (χ2n) is 11.0. The molecule has 1 fully saturated rings. The number of aromatic hydroxyl groups is 1. The van der Waals surface area contributed by atoms with Crippen LogP contribution in [0.25, 0.3) is 10.8 Å². The number of carbonyl (C=O) groups excluding carboxylic acids is 3. The third kappa shape index (κ3) is 6.53. The molecule has 2 amide bonds. The SMILES string of the molecule is COc1cc(C)c2ccc(O)c(C(=O)O[C@H]3C=C[C@@H](O[C@@H]4O[C@H](CO)[C@@H](O)[C@H](O)[C@H]4NC(=O)c4ccccc4C(=O)NN)C3)c2c1.